The van der Waals surface area contributed by atoms with Crippen molar-refractivity contribution in [2.45, 2.75) is 24.7 Å². The predicted molar refractivity (Wildman–Crippen MR) is 62.0 cm³/mol. The van der Waals surface area contributed by atoms with Gasteiger partial charge in [-0.15, -0.1) is 0 Å². The Morgan fingerprint density at radius 2 is 2.07 bits per heavy atom. The molecule has 0 unspecified atom stereocenters. The molecule has 1 fully saturated rings. The molecule has 0 saturated heterocycles. The first-order valence-electron chi connectivity index (χ1n) is 5.06. The maximum Gasteiger partial charge on any atom is 0.119 e. The molecule has 0 heterocycles. The Kier molecular flexibility index (Phi) is 2.73. The van der Waals surface area contributed by atoms with Gasteiger partial charge in [0, 0.05) is 16.7 Å². The second-order valence-electron chi connectivity index (χ2n) is 4.08. The van der Waals surface area contributed by atoms with Gasteiger partial charge in [-0.25, -0.2) is 0 Å². The molecule has 1 aliphatic rings. The van der Waals surface area contributed by atoms with Crippen molar-refractivity contribution in [3.63, 3.8) is 0 Å². The molecule has 2 rings (SSSR count). The highest BCUT2D eigenvalue weighted by molar-refractivity contribution is 7.98. The smallest absolute Gasteiger partial charge is 0.119 e. The van der Waals surface area contributed by atoms with Crippen LogP contribution in [0.25, 0.3) is 0 Å². The van der Waals surface area contributed by atoms with Gasteiger partial charge in [-0.1, -0.05) is 24.6 Å². The molecule has 0 aliphatic heterocycles. The molecule has 14 heavy (non-hydrogen) atoms. The standard InChI is InChI=1S/C12H16OS/c1-14-9-12(7-4-8-12)10-5-2-3-6-11(10)13/h2-3,5-6,13H,4,7-9H2,1H3. The third-order valence-corrected chi connectivity index (χ3v) is 4.05. The summed E-state index contributed by atoms with van der Waals surface area (Å²) in [4.78, 5) is 0. The second-order valence-corrected chi connectivity index (χ2v) is 4.95. The van der Waals surface area contributed by atoms with Crippen LogP contribution in [-0.4, -0.2) is 17.1 Å². The molecule has 1 aromatic rings. The average Bonchev–Trinajstić information content (AvgIpc) is 2.13. The molecule has 0 radical (unpaired) electrons. The first-order valence-corrected chi connectivity index (χ1v) is 6.45. The van der Waals surface area contributed by atoms with Crippen LogP contribution in [0.4, 0.5) is 0 Å². The highest BCUT2D eigenvalue weighted by atomic mass is 32.2. The van der Waals surface area contributed by atoms with Crippen LogP contribution in [-0.2, 0) is 5.41 Å². The number of aromatic hydroxyl groups is 1. The third-order valence-electron chi connectivity index (χ3n) is 3.21. The van der Waals surface area contributed by atoms with Gasteiger partial charge in [-0.2, -0.15) is 11.8 Å². The van der Waals surface area contributed by atoms with Crippen molar-refractivity contribution in [2.24, 2.45) is 0 Å². The van der Waals surface area contributed by atoms with Gasteiger partial charge in [-0.05, 0) is 25.2 Å². The first kappa shape index (κ1) is 9.91. The summed E-state index contributed by atoms with van der Waals surface area (Å²) in [5.41, 5.74) is 1.42. The molecule has 2 heteroatoms. The van der Waals surface area contributed by atoms with Gasteiger partial charge >= 0.3 is 0 Å². The minimum absolute atomic E-state index is 0.269. The van der Waals surface area contributed by atoms with Crippen LogP contribution < -0.4 is 0 Å². The van der Waals surface area contributed by atoms with E-state index in [0.29, 0.717) is 5.75 Å². The quantitative estimate of drug-likeness (QED) is 0.823. The summed E-state index contributed by atoms with van der Waals surface area (Å²) >= 11 is 1.88. The summed E-state index contributed by atoms with van der Waals surface area (Å²) in [5, 5.41) is 9.83. The fourth-order valence-corrected chi connectivity index (χ4v) is 3.29. The summed E-state index contributed by atoms with van der Waals surface area (Å²) in [6, 6.07) is 7.79. The van der Waals surface area contributed by atoms with E-state index in [-0.39, 0.29) is 5.41 Å². The topological polar surface area (TPSA) is 20.2 Å². The highest BCUT2D eigenvalue weighted by Gasteiger charge is 2.39. The van der Waals surface area contributed by atoms with Crippen LogP contribution in [0.5, 0.6) is 5.75 Å². The predicted octanol–water partition coefficient (Wildman–Crippen LogP) is 3.18. The Labute approximate surface area is 89.5 Å². The summed E-state index contributed by atoms with van der Waals surface area (Å²) in [6.07, 6.45) is 5.89. The van der Waals surface area contributed by atoms with E-state index >= 15 is 0 Å². The van der Waals surface area contributed by atoms with Gasteiger partial charge in [0.1, 0.15) is 5.75 Å². The van der Waals surface area contributed by atoms with Crippen molar-refractivity contribution in [1.82, 2.24) is 0 Å². The first-order chi connectivity index (χ1) is 6.78. The molecule has 1 N–H and O–H groups in total. The average molecular weight is 208 g/mol. The van der Waals surface area contributed by atoms with Crippen LogP contribution in [0.3, 0.4) is 0 Å². The monoisotopic (exact) mass is 208 g/mol. The molecule has 1 aliphatic carbocycles. The van der Waals surface area contributed by atoms with Crippen molar-refractivity contribution >= 4 is 11.8 Å². The summed E-state index contributed by atoms with van der Waals surface area (Å²) in [5.74, 6) is 1.60. The van der Waals surface area contributed by atoms with Crippen molar-refractivity contribution in [2.75, 3.05) is 12.0 Å². The lowest BCUT2D eigenvalue weighted by Crippen LogP contribution is -2.36. The van der Waals surface area contributed by atoms with Crippen LogP contribution in [0.15, 0.2) is 24.3 Å². The molecule has 0 aromatic heterocycles. The zero-order valence-electron chi connectivity index (χ0n) is 8.49. The van der Waals surface area contributed by atoms with E-state index in [4.69, 9.17) is 0 Å². The second kappa shape index (κ2) is 3.85. The van der Waals surface area contributed by atoms with Crippen LogP contribution in [0.2, 0.25) is 0 Å². The summed E-state index contributed by atoms with van der Waals surface area (Å²) < 4.78 is 0. The number of phenols is 1. The van der Waals surface area contributed by atoms with E-state index in [0.717, 1.165) is 11.3 Å². The Balaban J connectivity index is 2.32. The van der Waals surface area contributed by atoms with Crippen molar-refractivity contribution in [3.8, 4) is 5.75 Å². The number of thioether (sulfide) groups is 1. The maximum absolute atomic E-state index is 9.83. The largest absolute Gasteiger partial charge is 0.508 e. The molecule has 0 bridgehead atoms. The Bertz CT molecular complexity index is 318. The molecule has 0 atom stereocenters. The van der Waals surface area contributed by atoms with Gasteiger partial charge < -0.3 is 5.11 Å². The zero-order chi connectivity index (χ0) is 10.0. The van der Waals surface area contributed by atoms with Crippen LogP contribution in [0, 0.1) is 0 Å². The van der Waals surface area contributed by atoms with Gasteiger partial charge in [-0.3, -0.25) is 0 Å². The van der Waals surface area contributed by atoms with E-state index in [2.05, 4.69) is 12.3 Å². The minimum atomic E-state index is 0.269. The summed E-state index contributed by atoms with van der Waals surface area (Å²) in [7, 11) is 0. The molecular weight excluding hydrogens is 192 g/mol. The van der Waals surface area contributed by atoms with E-state index in [1.54, 1.807) is 6.07 Å². The van der Waals surface area contributed by atoms with E-state index in [1.807, 2.05) is 23.9 Å². The van der Waals surface area contributed by atoms with Crippen LogP contribution >= 0.6 is 11.8 Å². The Hall–Kier alpha value is -0.630. The lowest BCUT2D eigenvalue weighted by atomic mass is 9.65. The Morgan fingerprint density at radius 3 is 2.57 bits per heavy atom. The number of rotatable bonds is 3. The van der Waals surface area contributed by atoms with E-state index in [9.17, 15) is 5.11 Å². The van der Waals surface area contributed by atoms with Gasteiger partial charge in [0.15, 0.2) is 0 Å². The molecule has 76 valence electrons. The number of hydrogen-bond donors (Lipinski definition) is 1. The van der Waals surface area contributed by atoms with Crippen molar-refractivity contribution < 1.29 is 5.11 Å². The summed E-state index contributed by atoms with van der Waals surface area (Å²) in [6.45, 7) is 0. The molecule has 1 aromatic carbocycles. The number of hydrogen-bond acceptors (Lipinski definition) is 2. The third kappa shape index (κ3) is 1.52. The van der Waals surface area contributed by atoms with Crippen LogP contribution in [0.1, 0.15) is 24.8 Å². The minimum Gasteiger partial charge on any atom is -0.508 e. The lowest BCUT2D eigenvalue weighted by molar-refractivity contribution is 0.269. The fourth-order valence-electron chi connectivity index (χ4n) is 2.29. The zero-order valence-corrected chi connectivity index (χ0v) is 9.31. The number of phenolic OH excluding ortho intramolecular Hbond substituents is 1. The molecular formula is C12H16OS. The Morgan fingerprint density at radius 1 is 1.36 bits per heavy atom. The van der Waals surface area contributed by atoms with E-state index < -0.39 is 0 Å². The SMILES string of the molecule is CSCC1(c2ccccc2O)CCC1. The maximum atomic E-state index is 9.83. The molecule has 1 saturated carbocycles. The molecule has 0 spiro atoms. The highest BCUT2D eigenvalue weighted by Crippen LogP contribution is 2.48. The number of benzene rings is 1. The lowest BCUT2D eigenvalue weighted by Gasteiger charge is -2.42. The fraction of sp³-hybridized carbons (Fsp3) is 0.500. The van der Waals surface area contributed by atoms with Crippen molar-refractivity contribution in [3.05, 3.63) is 29.8 Å². The number of para-hydroxylation sites is 1. The molecule has 0 amide bonds. The van der Waals surface area contributed by atoms with E-state index in [1.165, 1.54) is 19.3 Å². The van der Waals surface area contributed by atoms with Gasteiger partial charge in [0.2, 0.25) is 0 Å². The molecule has 1 nitrogen and oxygen atoms in total. The van der Waals surface area contributed by atoms with Gasteiger partial charge in [0.25, 0.3) is 0 Å². The normalized spacial score (nSPS) is 18.9. The van der Waals surface area contributed by atoms with Crippen molar-refractivity contribution in [1.29, 1.82) is 0 Å². The van der Waals surface area contributed by atoms with Gasteiger partial charge in [0.05, 0.1) is 0 Å².